The van der Waals surface area contributed by atoms with E-state index in [0.717, 1.165) is 6.54 Å². The molecule has 88 valence electrons. The number of anilines is 1. The van der Waals surface area contributed by atoms with Crippen LogP contribution in [0.4, 0.5) is 5.82 Å². The van der Waals surface area contributed by atoms with Gasteiger partial charge in [0.1, 0.15) is 5.82 Å². The molecule has 0 amide bonds. The topological polar surface area (TPSA) is 53.4 Å². The Bertz CT molecular complexity index is 394. The van der Waals surface area contributed by atoms with E-state index in [1.54, 1.807) is 0 Å². The van der Waals surface area contributed by atoms with Crippen LogP contribution in [0.15, 0.2) is 12.3 Å². The summed E-state index contributed by atoms with van der Waals surface area (Å²) < 4.78 is 0. The molecule has 0 fully saturated rings. The Labute approximate surface area is 99.9 Å². The van der Waals surface area contributed by atoms with Gasteiger partial charge in [-0.25, -0.2) is 9.78 Å². The fourth-order valence-corrected chi connectivity index (χ4v) is 1.84. The van der Waals surface area contributed by atoms with Gasteiger partial charge in [0, 0.05) is 19.8 Å². The molecule has 0 aromatic carbocycles. The summed E-state index contributed by atoms with van der Waals surface area (Å²) in [5.41, 5.74) is 0.0854. The van der Waals surface area contributed by atoms with E-state index in [9.17, 15) is 4.79 Å². The molecule has 0 aliphatic rings. The Balaban J connectivity index is 3.05. The smallest absolute Gasteiger partial charge is 0.337 e. The molecule has 0 unspecified atom stereocenters. The second-order valence-electron chi connectivity index (χ2n) is 4.08. The molecule has 0 saturated carbocycles. The predicted octanol–water partition coefficient (Wildman–Crippen LogP) is 2.53. The third kappa shape index (κ3) is 2.85. The highest BCUT2D eigenvalue weighted by Crippen LogP contribution is 2.26. The molecule has 1 rings (SSSR count). The summed E-state index contributed by atoms with van der Waals surface area (Å²) in [5.74, 6) is -0.0711. The van der Waals surface area contributed by atoms with Crippen molar-refractivity contribution < 1.29 is 9.90 Å². The van der Waals surface area contributed by atoms with E-state index in [2.05, 4.69) is 18.8 Å². The van der Waals surface area contributed by atoms with Crippen LogP contribution in [0.3, 0.4) is 0 Å². The lowest BCUT2D eigenvalue weighted by Crippen LogP contribution is -2.24. The number of halogens is 1. The molecule has 0 bridgehead atoms. The Morgan fingerprint density at radius 2 is 2.25 bits per heavy atom. The molecule has 1 heterocycles. The van der Waals surface area contributed by atoms with Gasteiger partial charge in [-0.05, 0) is 12.0 Å². The SMILES string of the molecule is CC(C)CN(C)c1nccc(C(=O)O)c1Cl. The molecule has 0 radical (unpaired) electrons. The third-order valence-corrected chi connectivity index (χ3v) is 2.47. The molecule has 4 nitrogen and oxygen atoms in total. The van der Waals surface area contributed by atoms with Gasteiger partial charge < -0.3 is 10.0 Å². The summed E-state index contributed by atoms with van der Waals surface area (Å²) in [6.45, 7) is 4.92. The number of carboxylic acids is 1. The van der Waals surface area contributed by atoms with Crippen molar-refractivity contribution in [1.29, 1.82) is 0 Å². The molecule has 0 aliphatic carbocycles. The van der Waals surface area contributed by atoms with Gasteiger partial charge in [0.05, 0.1) is 10.6 Å². The van der Waals surface area contributed by atoms with Gasteiger partial charge in [0.2, 0.25) is 0 Å². The molecule has 1 N–H and O–H groups in total. The van der Waals surface area contributed by atoms with E-state index in [0.29, 0.717) is 11.7 Å². The normalized spacial score (nSPS) is 10.6. The van der Waals surface area contributed by atoms with Crippen LogP contribution in [0.1, 0.15) is 24.2 Å². The lowest BCUT2D eigenvalue weighted by Gasteiger charge is -2.21. The van der Waals surface area contributed by atoms with Gasteiger partial charge in [-0.3, -0.25) is 0 Å². The average molecular weight is 243 g/mol. The van der Waals surface area contributed by atoms with Gasteiger partial charge in [-0.1, -0.05) is 25.4 Å². The third-order valence-electron chi connectivity index (χ3n) is 2.10. The zero-order valence-electron chi connectivity index (χ0n) is 9.57. The summed E-state index contributed by atoms with van der Waals surface area (Å²) >= 11 is 6.00. The van der Waals surface area contributed by atoms with Crippen LogP contribution >= 0.6 is 11.6 Å². The zero-order valence-corrected chi connectivity index (χ0v) is 10.3. The molecule has 1 aromatic heterocycles. The Morgan fingerprint density at radius 1 is 1.62 bits per heavy atom. The van der Waals surface area contributed by atoms with E-state index in [4.69, 9.17) is 16.7 Å². The monoisotopic (exact) mass is 242 g/mol. The van der Waals surface area contributed by atoms with Gasteiger partial charge >= 0.3 is 5.97 Å². The fraction of sp³-hybridized carbons (Fsp3) is 0.455. The molecule has 0 spiro atoms. The minimum Gasteiger partial charge on any atom is -0.478 e. The zero-order chi connectivity index (χ0) is 12.3. The largest absolute Gasteiger partial charge is 0.478 e. The number of carboxylic acid groups (broad SMARTS) is 1. The van der Waals surface area contributed by atoms with Crippen molar-refractivity contribution in [3.63, 3.8) is 0 Å². The number of carbonyl (C=O) groups is 1. The maximum Gasteiger partial charge on any atom is 0.337 e. The minimum atomic E-state index is -1.04. The van der Waals surface area contributed by atoms with Crippen LogP contribution in [0.2, 0.25) is 5.02 Å². The Kier molecular flexibility index (Phi) is 4.12. The average Bonchev–Trinajstić information content (AvgIpc) is 2.16. The van der Waals surface area contributed by atoms with E-state index < -0.39 is 5.97 Å². The molecule has 5 heteroatoms. The molecule has 16 heavy (non-hydrogen) atoms. The molecule has 1 aromatic rings. The van der Waals surface area contributed by atoms with Crippen LogP contribution in [0, 0.1) is 5.92 Å². The van der Waals surface area contributed by atoms with Crippen LogP contribution in [0.25, 0.3) is 0 Å². The summed E-state index contributed by atoms with van der Waals surface area (Å²) in [4.78, 5) is 16.9. The molecular weight excluding hydrogens is 228 g/mol. The van der Waals surface area contributed by atoms with Crippen molar-refractivity contribution in [2.75, 3.05) is 18.5 Å². The Morgan fingerprint density at radius 3 is 2.75 bits per heavy atom. The van der Waals surface area contributed by atoms with Crippen LogP contribution in [-0.2, 0) is 0 Å². The lowest BCUT2D eigenvalue weighted by atomic mass is 10.2. The fourth-order valence-electron chi connectivity index (χ4n) is 1.50. The second-order valence-corrected chi connectivity index (χ2v) is 4.45. The predicted molar refractivity (Wildman–Crippen MR) is 64.3 cm³/mol. The molecular formula is C11H15ClN2O2. The Hall–Kier alpha value is -1.29. The number of pyridine rings is 1. The van der Waals surface area contributed by atoms with E-state index >= 15 is 0 Å². The highest BCUT2D eigenvalue weighted by molar-refractivity contribution is 6.35. The van der Waals surface area contributed by atoms with E-state index in [1.165, 1.54) is 12.3 Å². The minimum absolute atomic E-state index is 0.0854. The number of aromatic nitrogens is 1. The number of nitrogens with zero attached hydrogens (tertiary/aromatic N) is 2. The van der Waals surface area contributed by atoms with Gasteiger partial charge in [-0.2, -0.15) is 0 Å². The first-order valence-electron chi connectivity index (χ1n) is 5.02. The van der Waals surface area contributed by atoms with Crippen LogP contribution < -0.4 is 4.90 Å². The first-order valence-corrected chi connectivity index (χ1v) is 5.40. The van der Waals surface area contributed by atoms with E-state index in [1.807, 2.05) is 11.9 Å². The number of rotatable bonds is 4. The first-order chi connectivity index (χ1) is 7.43. The van der Waals surface area contributed by atoms with Crippen molar-refractivity contribution in [1.82, 2.24) is 4.98 Å². The second kappa shape index (κ2) is 5.16. The summed E-state index contributed by atoms with van der Waals surface area (Å²) in [6, 6.07) is 1.40. The highest BCUT2D eigenvalue weighted by atomic mass is 35.5. The number of hydrogen-bond donors (Lipinski definition) is 1. The lowest BCUT2D eigenvalue weighted by molar-refractivity contribution is 0.0697. The maximum absolute atomic E-state index is 10.9. The van der Waals surface area contributed by atoms with Crippen molar-refractivity contribution in [3.8, 4) is 0 Å². The molecule has 0 aliphatic heterocycles. The van der Waals surface area contributed by atoms with Crippen molar-refractivity contribution >= 4 is 23.4 Å². The highest BCUT2D eigenvalue weighted by Gasteiger charge is 2.16. The van der Waals surface area contributed by atoms with Crippen LogP contribution in [0.5, 0.6) is 0 Å². The summed E-state index contributed by atoms with van der Waals surface area (Å²) in [7, 11) is 1.85. The number of aromatic carboxylic acids is 1. The molecule has 0 saturated heterocycles. The molecule has 0 atom stereocenters. The van der Waals surface area contributed by atoms with Crippen LogP contribution in [-0.4, -0.2) is 29.7 Å². The van der Waals surface area contributed by atoms with Gasteiger partial charge in [0.25, 0.3) is 0 Å². The van der Waals surface area contributed by atoms with Gasteiger partial charge in [0.15, 0.2) is 0 Å². The van der Waals surface area contributed by atoms with E-state index in [-0.39, 0.29) is 10.6 Å². The number of hydrogen-bond acceptors (Lipinski definition) is 3. The van der Waals surface area contributed by atoms with Crippen molar-refractivity contribution in [3.05, 3.63) is 22.8 Å². The first kappa shape index (κ1) is 12.8. The summed E-state index contributed by atoms with van der Waals surface area (Å²) in [6.07, 6.45) is 1.46. The quantitative estimate of drug-likeness (QED) is 0.882. The standard InChI is InChI=1S/C11H15ClN2O2/c1-7(2)6-14(3)10-9(12)8(11(15)16)4-5-13-10/h4-5,7H,6H2,1-3H3,(H,15,16). The van der Waals surface area contributed by atoms with Crippen molar-refractivity contribution in [2.24, 2.45) is 5.92 Å². The summed E-state index contributed by atoms with van der Waals surface area (Å²) in [5, 5.41) is 9.12. The van der Waals surface area contributed by atoms with Crippen molar-refractivity contribution in [2.45, 2.75) is 13.8 Å². The maximum atomic E-state index is 10.9. The van der Waals surface area contributed by atoms with Gasteiger partial charge in [-0.15, -0.1) is 0 Å².